The Bertz CT molecular complexity index is 1050. The van der Waals surface area contributed by atoms with Crippen LogP contribution in [0.2, 0.25) is 0 Å². The molecule has 0 fully saturated rings. The highest BCUT2D eigenvalue weighted by molar-refractivity contribution is 7.99. The molecule has 2 N–H and O–H groups in total. The lowest BCUT2D eigenvalue weighted by Gasteiger charge is -2.14. The molecule has 25 heavy (non-hydrogen) atoms. The molecule has 0 aliphatic heterocycles. The largest absolute Gasteiger partial charge is 0.417 e. The van der Waals surface area contributed by atoms with Crippen LogP contribution in [0.1, 0.15) is 5.56 Å². The molecule has 1 aromatic carbocycles. The number of rotatable bonds is 3. The fourth-order valence-corrected chi connectivity index (χ4v) is 2.68. The molecule has 0 amide bonds. The van der Waals surface area contributed by atoms with Crippen LogP contribution in [0.3, 0.4) is 0 Å². The van der Waals surface area contributed by atoms with Gasteiger partial charge in [0.05, 0.1) is 22.2 Å². The van der Waals surface area contributed by atoms with Crippen molar-refractivity contribution in [1.29, 1.82) is 0 Å². The van der Waals surface area contributed by atoms with Crippen molar-refractivity contribution in [2.75, 3.05) is 11.1 Å². The van der Waals surface area contributed by atoms with Gasteiger partial charge in [0.15, 0.2) is 0 Å². The predicted molar refractivity (Wildman–Crippen MR) is 87.7 cm³/mol. The third-order valence-electron chi connectivity index (χ3n) is 3.37. The summed E-state index contributed by atoms with van der Waals surface area (Å²) >= 11 is 0.990. The van der Waals surface area contributed by atoms with Crippen molar-refractivity contribution < 1.29 is 13.2 Å². The van der Waals surface area contributed by atoms with Crippen LogP contribution in [0.15, 0.2) is 40.1 Å². The second kappa shape index (κ2) is 6.24. The average Bonchev–Trinajstić information content (AvgIpc) is 2.57. The Morgan fingerprint density at radius 2 is 2.04 bits per heavy atom. The summed E-state index contributed by atoms with van der Waals surface area (Å²) in [5.74, 6) is 0. The Morgan fingerprint density at radius 1 is 1.28 bits per heavy atom. The van der Waals surface area contributed by atoms with Crippen LogP contribution in [0.25, 0.3) is 22.2 Å². The van der Waals surface area contributed by atoms with E-state index < -0.39 is 23.0 Å². The van der Waals surface area contributed by atoms with Crippen molar-refractivity contribution in [2.45, 2.75) is 6.18 Å². The number of halogens is 3. The van der Waals surface area contributed by atoms with Gasteiger partial charge in [-0.3, -0.25) is 9.63 Å². The van der Waals surface area contributed by atoms with E-state index in [9.17, 15) is 22.8 Å². The summed E-state index contributed by atoms with van der Waals surface area (Å²) in [5.41, 5.74) is -3.21. The molecule has 7 nitrogen and oxygen atoms in total. The van der Waals surface area contributed by atoms with Crippen LogP contribution < -0.4 is 16.1 Å². The van der Waals surface area contributed by atoms with Gasteiger partial charge in [0, 0.05) is 18.0 Å². The van der Waals surface area contributed by atoms with E-state index in [1.807, 2.05) is 0 Å². The first-order valence-corrected chi connectivity index (χ1v) is 8.02. The van der Waals surface area contributed by atoms with Crippen LogP contribution in [-0.4, -0.2) is 26.1 Å². The first-order chi connectivity index (χ1) is 11.8. The zero-order valence-electron chi connectivity index (χ0n) is 12.6. The molecule has 3 rings (SSSR count). The number of aromatic amines is 1. The van der Waals surface area contributed by atoms with Gasteiger partial charge in [-0.2, -0.15) is 28.0 Å². The van der Waals surface area contributed by atoms with Crippen molar-refractivity contribution in [3.8, 4) is 11.3 Å². The smallest absolute Gasteiger partial charge is 0.305 e. The molecular weight excluding hydrogens is 359 g/mol. The van der Waals surface area contributed by atoms with Crippen molar-refractivity contribution in [3.63, 3.8) is 0 Å². The lowest BCUT2D eigenvalue weighted by atomic mass is 10.0. The second-order valence-electron chi connectivity index (χ2n) is 4.92. The zero-order valence-corrected chi connectivity index (χ0v) is 13.4. The fraction of sp³-hybridized carbons (Fsp3) is 0.143. The fourth-order valence-electron chi connectivity index (χ4n) is 2.33. The molecule has 11 heteroatoms. The van der Waals surface area contributed by atoms with Crippen LogP contribution in [0.5, 0.6) is 0 Å². The minimum absolute atomic E-state index is 0.0355. The van der Waals surface area contributed by atoms with Crippen LogP contribution in [-0.2, 0) is 6.18 Å². The lowest BCUT2D eigenvalue weighted by molar-refractivity contribution is -0.137. The summed E-state index contributed by atoms with van der Waals surface area (Å²) in [7, 11) is 0. The van der Waals surface area contributed by atoms with Crippen molar-refractivity contribution in [3.05, 3.63) is 56.9 Å². The van der Waals surface area contributed by atoms with Crippen LogP contribution in [0, 0.1) is 0 Å². The minimum Gasteiger partial charge on any atom is -0.305 e. The minimum atomic E-state index is -4.70. The van der Waals surface area contributed by atoms with E-state index >= 15 is 0 Å². The molecule has 0 saturated heterocycles. The molecule has 0 radical (unpaired) electrons. The van der Waals surface area contributed by atoms with Gasteiger partial charge in [0.2, 0.25) is 0 Å². The lowest BCUT2D eigenvalue weighted by Crippen LogP contribution is -2.39. The van der Waals surface area contributed by atoms with E-state index in [4.69, 9.17) is 0 Å². The molecule has 0 aliphatic rings. The Labute approximate surface area is 142 Å². The van der Waals surface area contributed by atoms with E-state index in [0.29, 0.717) is 4.68 Å². The molecule has 0 saturated carbocycles. The summed E-state index contributed by atoms with van der Waals surface area (Å²) in [6, 6.07) is 4.57. The average molecular weight is 369 g/mol. The van der Waals surface area contributed by atoms with E-state index in [1.54, 1.807) is 6.26 Å². The maximum atomic E-state index is 13.4. The maximum absolute atomic E-state index is 13.4. The monoisotopic (exact) mass is 369 g/mol. The summed E-state index contributed by atoms with van der Waals surface area (Å²) < 4.78 is 41.0. The number of hydrogen-bond donors (Lipinski definition) is 2. The van der Waals surface area contributed by atoms with Crippen LogP contribution in [0.4, 0.5) is 13.2 Å². The molecule has 2 heterocycles. The molecule has 0 aliphatic carbocycles. The zero-order chi connectivity index (χ0) is 18.2. The van der Waals surface area contributed by atoms with E-state index in [-0.39, 0.29) is 22.2 Å². The summed E-state index contributed by atoms with van der Waals surface area (Å²) in [6.45, 7) is 0. The Kier molecular flexibility index (Phi) is 4.25. The molecule has 3 aromatic rings. The van der Waals surface area contributed by atoms with Gasteiger partial charge in [0.25, 0.3) is 5.56 Å². The SMILES string of the molecule is CSNn1c(=O)[nH]c2cc(C(F)(F)F)c(-c3cccnn3)cc2c1=O. The highest BCUT2D eigenvalue weighted by Crippen LogP contribution is 2.37. The molecule has 2 aromatic heterocycles. The molecule has 0 spiro atoms. The number of H-pyrrole nitrogens is 1. The maximum Gasteiger partial charge on any atom is 0.417 e. The van der Waals surface area contributed by atoms with Crippen molar-refractivity contribution in [2.24, 2.45) is 0 Å². The van der Waals surface area contributed by atoms with E-state index in [0.717, 1.165) is 24.1 Å². The number of alkyl halides is 3. The Hall–Kier alpha value is -2.82. The van der Waals surface area contributed by atoms with Crippen molar-refractivity contribution >= 4 is 22.9 Å². The first-order valence-electron chi connectivity index (χ1n) is 6.80. The quantitative estimate of drug-likeness (QED) is 0.686. The molecule has 0 unspecified atom stereocenters. The summed E-state index contributed by atoms with van der Waals surface area (Å²) in [6.07, 6.45) is -1.79. The standard InChI is InChI=1S/C14H10F3N5O2S/c1-25-21-22-12(23)8-5-7(10-3-2-4-18-20-10)9(14(15,16)17)6-11(8)19-13(22)24/h2-6,21H,1H3,(H,19,24). The number of nitrogens with zero attached hydrogens (tertiary/aromatic N) is 3. The Balaban J connectivity index is 2.41. The normalized spacial score (nSPS) is 11.7. The number of benzene rings is 1. The number of nitrogens with one attached hydrogen (secondary N) is 2. The van der Waals surface area contributed by atoms with Gasteiger partial charge < -0.3 is 4.98 Å². The highest BCUT2D eigenvalue weighted by atomic mass is 32.2. The third kappa shape index (κ3) is 3.09. The highest BCUT2D eigenvalue weighted by Gasteiger charge is 2.35. The Morgan fingerprint density at radius 3 is 2.64 bits per heavy atom. The molecule has 0 atom stereocenters. The molecule has 0 bridgehead atoms. The van der Waals surface area contributed by atoms with Gasteiger partial charge in [-0.05, 0) is 36.2 Å². The topological polar surface area (TPSA) is 92.7 Å². The second-order valence-corrected chi connectivity index (χ2v) is 5.51. The number of hydrogen-bond acceptors (Lipinski definition) is 6. The van der Waals surface area contributed by atoms with Gasteiger partial charge in [-0.15, -0.1) is 0 Å². The van der Waals surface area contributed by atoms with Crippen molar-refractivity contribution in [1.82, 2.24) is 19.9 Å². The summed E-state index contributed by atoms with van der Waals surface area (Å²) in [5, 5.41) is 7.17. The van der Waals surface area contributed by atoms with Gasteiger partial charge >= 0.3 is 11.9 Å². The predicted octanol–water partition coefficient (Wildman–Crippen LogP) is 1.99. The van der Waals surface area contributed by atoms with Gasteiger partial charge in [-0.1, -0.05) is 0 Å². The number of aromatic nitrogens is 4. The van der Waals surface area contributed by atoms with Gasteiger partial charge in [-0.25, -0.2) is 4.79 Å². The van der Waals surface area contributed by atoms with E-state index in [2.05, 4.69) is 20.0 Å². The van der Waals surface area contributed by atoms with Crippen LogP contribution >= 0.6 is 11.9 Å². The molecule has 130 valence electrons. The summed E-state index contributed by atoms with van der Waals surface area (Å²) in [4.78, 5) is 29.1. The third-order valence-corrected chi connectivity index (χ3v) is 3.74. The van der Waals surface area contributed by atoms with Gasteiger partial charge in [0.1, 0.15) is 0 Å². The molecular formula is C14H10F3N5O2S. The number of fused-ring (bicyclic) bond motifs is 1. The van der Waals surface area contributed by atoms with E-state index in [1.165, 1.54) is 18.3 Å². The first kappa shape index (κ1) is 17.0.